The van der Waals surface area contributed by atoms with Crippen LogP contribution in [0.1, 0.15) is 15.9 Å². The van der Waals surface area contributed by atoms with Gasteiger partial charge in [-0.2, -0.15) is 0 Å². The van der Waals surface area contributed by atoms with Crippen molar-refractivity contribution in [2.24, 2.45) is 0 Å². The first-order chi connectivity index (χ1) is 10.9. The smallest absolute Gasteiger partial charge is 0.326 e. The topological polar surface area (TPSA) is 127 Å². The lowest BCUT2D eigenvalue weighted by Crippen LogP contribution is -2.42. The van der Waals surface area contributed by atoms with Crippen molar-refractivity contribution in [2.45, 2.75) is 12.5 Å². The quantitative estimate of drug-likeness (QED) is 0.528. The summed E-state index contributed by atoms with van der Waals surface area (Å²) in [5, 5.41) is 39.8. The number of rotatable bonds is 5. The van der Waals surface area contributed by atoms with E-state index in [4.69, 9.17) is 0 Å². The summed E-state index contributed by atoms with van der Waals surface area (Å²) >= 11 is 0. The van der Waals surface area contributed by atoms with E-state index in [9.17, 15) is 30.0 Å². The van der Waals surface area contributed by atoms with Crippen LogP contribution < -0.4 is 5.32 Å². The Balaban J connectivity index is 2.17. The van der Waals surface area contributed by atoms with Gasteiger partial charge in [0.1, 0.15) is 6.04 Å². The van der Waals surface area contributed by atoms with Gasteiger partial charge in [-0.15, -0.1) is 0 Å². The largest absolute Gasteiger partial charge is 0.504 e. The van der Waals surface area contributed by atoms with Crippen molar-refractivity contribution in [1.29, 1.82) is 0 Å². The molecule has 0 unspecified atom stereocenters. The maximum atomic E-state index is 12.0. The maximum absolute atomic E-state index is 12.0. The normalized spacial score (nSPS) is 11.7. The van der Waals surface area contributed by atoms with Crippen molar-refractivity contribution in [1.82, 2.24) is 5.32 Å². The Morgan fingerprint density at radius 3 is 2.09 bits per heavy atom. The SMILES string of the molecule is O=C(N[C@@H](Cc1cc(O)c(O)c(O)c1)C(=O)O)c1ccccc1. The van der Waals surface area contributed by atoms with Crippen LogP contribution in [-0.4, -0.2) is 38.3 Å². The second-order valence-electron chi connectivity index (χ2n) is 4.92. The molecular formula is C16H15NO6. The number of phenolic OH excluding ortho intramolecular Hbond substituents is 3. The van der Waals surface area contributed by atoms with Crippen molar-refractivity contribution in [2.75, 3.05) is 0 Å². The predicted octanol–water partition coefficient (Wildman–Crippen LogP) is 1.23. The number of hydrogen-bond donors (Lipinski definition) is 5. The Hall–Kier alpha value is -3.22. The van der Waals surface area contributed by atoms with Crippen LogP contribution in [0.2, 0.25) is 0 Å². The van der Waals surface area contributed by atoms with Gasteiger partial charge < -0.3 is 25.7 Å². The van der Waals surface area contributed by atoms with Crippen molar-refractivity contribution in [3.8, 4) is 17.2 Å². The number of nitrogens with one attached hydrogen (secondary N) is 1. The maximum Gasteiger partial charge on any atom is 0.326 e. The Kier molecular flexibility index (Phi) is 4.70. The fourth-order valence-corrected chi connectivity index (χ4v) is 2.05. The van der Waals surface area contributed by atoms with E-state index in [1.165, 1.54) is 0 Å². The first-order valence-corrected chi connectivity index (χ1v) is 6.71. The van der Waals surface area contributed by atoms with Gasteiger partial charge in [-0.3, -0.25) is 4.79 Å². The first-order valence-electron chi connectivity index (χ1n) is 6.71. The number of hydrogen-bond acceptors (Lipinski definition) is 5. The van der Waals surface area contributed by atoms with Gasteiger partial charge in [0.05, 0.1) is 0 Å². The predicted molar refractivity (Wildman–Crippen MR) is 80.5 cm³/mol. The monoisotopic (exact) mass is 317 g/mol. The third kappa shape index (κ3) is 3.91. The van der Waals surface area contributed by atoms with Gasteiger partial charge in [-0.25, -0.2) is 4.79 Å². The van der Waals surface area contributed by atoms with E-state index in [0.29, 0.717) is 5.56 Å². The molecule has 2 aromatic carbocycles. The van der Waals surface area contributed by atoms with Gasteiger partial charge in [0, 0.05) is 12.0 Å². The van der Waals surface area contributed by atoms with Gasteiger partial charge in [-0.05, 0) is 29.8 Å². The van der Waals surface area contributed by atoms with Crippen LogP contribution in [0.3, 0.4) is 0 Å². The summed E-state index contributed by atoms with van der Waals surface area (Å²) in [5.74, 6) is -3.64. The summed E-state index contributed by atoms with van der Waals surface area (Å²) in [6, 6.07) is 9.12. The number of aromatic hydroxyl groups is 3. The van der Waals surface area contributed by atoms with Crippen LogP contribution in [-0.2, 0) is 11.2 Å². The van der Waals surface area contributed by atoms with E-state index < -0.39 is 35.2 Å². The lowest BCUT2D eigenvalue weighted by molar-refractivity contribution is -0.139. The van der Waals surface area contributed by atoms with Crippen LogP contribution in [0.25, 0.3) is 0 Å². The number of carbonyl (C=O) groups excluding carboxylic acids is 1. The Bertz CT molecular complexity index is 706. The molecule has 0 saturated carbocycles. The zero-order valence-corrected chi connectivity index (χ0v) is 11.9. The standard InChI is InChI=1S/C16H15NO6/c18-12-7-9(8-13(19)14(12)20)6-11(16(22)23)17-15(21)10-4-2-1-3-5-10/h1-5,7-8,11,18-20H,6H2,(H,17,21)(H,22,23)/t11-/m0/s1. The number of aliphatic carboxylic acids is 1. The summed E-state index contributed by atoms with van der Waals surface area (Å²) in [5.41, 5.74) is 0.564. The third-order valence-corrected chi connectivity index (χ3v) is 3.21. The molecule has 5 N–H and O–H groups in total. The number of carboxylic acids is 1. The molecule has 0 saturated heterocycles. The average molecular weight is 317 g/mol. The van der Waals surface area contributed by atoms with E-state index in [2.05, 4.69) is 5.32 Å². The van der Waals surface area contributed by atoms with Gasteiger partial charge in [-0.1, -0.05) is 18.2 Å². The second kappa shape index (κ2) is 6.69. The molecule has 7 nitrogen and oxygen atoms in total. The molecule has 0 heterocycles. The summed E-state index contributed by atoms with van der Waals surface area (Å²) in [6.45, 7) is 0. The fourth-order valence-electron chi connectivity index (χ4n) is 2.05. The van der Waals surface area contributed by atoms with Crippen LogP contribution >= 0.6 is 0 Å². The minimum atomic E-state index is -1.26. The third-order valence-electron chi connectivity index (χ3n) is 3.21. The lowest BCUT2D eigenvalue weighted by Gasteiger charge is -2.15. The van der Waals surface area contributed by atoms with Crippen LogP contribution in [0, 0.1) is 0 Å². The minimum absolute atomic E-state index is 0.171. The van der Waals surface area contributed by atoms with Crippen molar-refractivity contribution in [3.63, 3.8) is 0 Å². The molecule has 0 aliphatic rings. The Morgan fingerprint density at radius 1 is 1.00 bits per heavy atom. The molecule has 1 amide bonds. The van der Waals surface area contributed by atoms with Crippen LogP contribution in [0.5, 0.6) is 17.2 Å². The lowest BCUT2D eigenvalue weighted by atomic mass is 10.0. The van der Waals surface area contributed by atoms with Gasteiger partial charge in [0.2, 0.25) is 0 Å². The van der Waals surface area contributed by atoms with Crippen molar-refractivity contribution < 1.29 is 30.0 Å². The molecule has 0 aliphatic heterocycles. The number of benzene rings is 2. The zero-order chi connectivity index (χ0) is 17.0. The number of carboxylic acid groups (broad SMARTS) is 1. The number of amides is 1. The summed E-state index contributed by atoms with van der Waals surface area (Å²) in [7, 11) is 0. The molecule has 2 rings (SSSR count). The number of carbonyl (C=O) groups is 2. The number of phenols is 3. The highest BCUT2D eigenvalue weighted by Crippen LogP contribution is 2.35. The molecule has 0 bridgehead atoms. The van der Waals surface area contributed by atoms with E-state index in [1.54, 1.807) is 30.3 Å². The summed E-state index contributed by atoms with van der Waals surface area (Å²) < 4.78 is 0. The van der Waals surface area contributed by atoms with E-state index in [-0.39, 0.29) is 12.0 Å². The van der Waals surface area contributed by atoms with Crippen molar-refractivity contribution >= 4 is 11.9 Å². The van der Waals surface area contributed by atoms with Crippen molar-refractivity contribution in [3.05, 3.63) is 53.6 Å². The highest BCUT2D eigenvalue weighted by atomic mass is 16.4. The average Bonchev–Trinajstić information content (AvgIpc) is 2.52. The van der Waals surface area contributed by atoms with E-state index in [0.717, 1.165) is 12.1 Å². The summed E-state index contributed by atoms with van der Waals surface area (Å²) in [6.07, 6.45) is -0.171. The Morgan fingerprint density at radius 2 is 1.57 bits per heavy atom. The summed E-state index contributed by atoms with van der Waals surface area (Å²) in [4.78, 5) is 23.3. The fraction of sp³-hybridized carbons (Fsp3) is 0.125. The molecule has 0 spiro atoms. The van der Waals surface area contributed by atoms with Gasteiger partial charge >= 0.3 is 5.97 Å². The highest BCUT2D eigenvalue weighted by Gasteiger charge is 2.22. The van der Waals surface area contributed by atoms with E-state index >= 15 is 0 Å². The van der Waals surface area contributed by atoms with Gasteiger partial charge in [0.15, 0.2) is 17.2 Å². The molecule has 2 aromatic rings. The highest BCUT2D eigenvalue weighted by molar-refractivity contribution is 5.96. The molecule has 1 atom stereocenters. The molecule has 23 heavy (non-hydrogen) atoms. The minimum Gasteiger partial charge on any atom is -0.504 e. The molecular weight excluding hydrogens is 302 g/mol. The van der Waals surface area contributed by atoms with E-state index in [1.807, 2.05) is 0 Å². The van der Waals surface area contributed by atoms with Crippen LogP contribution in [0.4, 0.5) is 0 Å². The zero-order valence-electron chi connectivity index (χ0n) is 11.9. The molecule has 0 radical (unpaired) electrons. The van der Waals surface area contributed by atoms with Gasteiger partial charge in [0.25, 0.3) is 5.91 Å². The molecule has 120 valence electrons. The first kappa shape index (κ1) is 16.2. The molecule has 7 heteroatoms. The molecule has 0 fully saturated rings. The molecule has 0 aromatic heterocycles. The second-order valence-corrected chi connectivity index (χ2v) is 4.92. The molecule has 0 aliphatic carbocycles. The van der Waals surface area contributed by atoms with Crippen LogP contribution in [0.15, 0.2) is 42.5 Å². The Labute approximate surface area is 131 Å².